The summed E-state index contributed by atoms with van der Waals surface area (Å²) in [4.78, 5) is 11.4. The minimum Gasteiger partial charge on any atom is -0.477 e. The van der Waals surface area contributed by atoms with Crippen LogP contribution in [0.2, 0.25) is 0 Å². The Kier molecular flexibility index (Phi) is 3.67. The summed E-state index contributed by atoms with van der Waals surface area (Å²) >= 11 is 1.26. The molecular weight excluding hydrogens is 246 g/mol. The maximum Gasteiger partial charge on any atom is 0.346 e. The highest BCUT2D eigenvalue weighted by Gasteiger charge is 2.11. The fourth-order valence-corrected chi connectivity index (χ4v) is 2.70. The first-order valence-electron chi connectivity index (χ1n) is 5.69. The van der Waals surface area contributed by atoms with E-state index < -0.39 is 5.97 Å². The SMILES string of the molecule is Cc1cccc(C)c1NCc1ccsc1C(=O)O. The number of benzene rings is 1. The lowest BCUT2D eigenvalue weighted by Crippen LogP contribution is -2.06. The first-order chi connectivity index (χ1) is 8.59. The Morgan fingerprint density at radius 3 is 2.56 bits per heavy atom. The normalized spacial score (nSPS) is 10.3. The van der Waals surface area contributed by atoms with Gasteiger partial charge in [0, 0.05) is 12.2 Å². The number of anilines is 1. The zero-order chi connectivity index (χ0) is 13.1. The molecule has 0 radical (unpaired) electrons. The third kappa shape index (κ3) is 2.54. The summed E-state index contributed by atoms with van der Waals surface area (Å²) < 4.78 is 0. The van der Waals surface area contributed by atoms with Crippen molar-refractivity contribution in [2.24, 2.45) is 0 Å². The molecule has 0 atom stereocenters. The molecule has 0 bridgehead atoms. The summed E-state index contributed by atoms with van der Waals surface area (Å²) in [6, 6.07) is 7.96. The van der Waals surface area contributed by atoms with Gasteiger partial charge in [-0.05, 0) is 42.0 Å². The Balaban J connectivity index is 2.17. The Morgan fingerprint density at radius 1 is 1.28 bits per heavy atom. The van der Waals surface area contributed by atoms with Crippen molar-refractivity contribution >= 4 is 23.0 Å². The number of carboxylic acids is 1. The summed E-state index contributed by atoms with van der Waals surface area (Å²) in [6.07, 6.45) is 0. The van der Waals surface area contributed by atoms with Gasteiger partial charge in [0.05, 0.1) is 0 Å². The van der Waals surface area contributed by atoms with E-state index >= 15 is 0 Å². The number of aromatic carboxylic acids is 1. The van der Waals surface area contributed by atoms with Crippen molar-refractivity contribution in [3.05, 3.63) is 51.2 Å². The van der Waals surface area contributed by atoms with Crippen molar-refractivity contribution in [2.45, 2.75) is 20.4 Å². The fourth-order valence-electron chi connectivity index (χ4n) is 1.94. The summed E-state index contributed by atoms with van der Waals surface area (Å²) in [5, 5.41) is 14.2. The van der Waals surface area contributed by atoms with Gasteiger partial charge >= 0.3 is 5.97 Å². The number of hydrogen-bond donors (Lipinski definition) is 2. The van der Waals surface area contributed by atoms with Gasteiger partial charge in [-0.25, -0.2) is 4.79 Å². The summed E-state index contributed by atoms with van der Waals surface area (Å²) in [6.45, 7) is 4.62. The van der Waals surface area contributed by atoms with E-state index in [-0.39, 0.29) is 0 Å². The number of thiophene rings is 1. The van der Waals surface area contributed by atoms with E-state index in [0.717, 1.165) is 11.3 Å². The van der Waals surface area contributed by atoms with E-state index in [0.29, 0.717) is 11.4 Å². The number of rotatable bonds is 4. The van der Waals surface area contributed by atoms with Crippen LogP contribution < -0.4 is 5.32 Å². The van der Waals surface area contributed by atoms with Crippen LogP contribution in [0.4, 0.5) is 5.69 Å². The Hall–Kier alpha value is -1.81. The highest BCUT2D eigenvalue weighted by Crippen LogP contribution is 2.22. The van der Waals surface area contributed by atoms with Gasteiger partial charge in [0.25, 0.3) is 0 Å². The Morgan fingerprint density at radius 2 is 1.94 bits per heavy atom. The first-order valence-corrected chi connectivity index (χ1v) is 6.57. The highest BCUT2D eigenvalue weighted by atomic mass is 32.1. The van der Waals surface area contributed by atoms with Crippen LogP contribution in [0.5, 0.6) is 0 Å². The minimum absolute atomic E-state index is 0.411. The van der Waals surface area contributed by atoms with Crippen LogP contribution >= 0.6 is 11.3 Å². The molecule has 0 aliphatic rings. The number of para-hydroxylation sites is 1. The molecule has 0 saturated heterocycles. The van der Waals surface area contributed by atoms with E-state index in [9.17, 15) is 4.79 Å². The van der Waals surface area contributed by atoms with Gasteiger partial charge in [-0.15, -0.1) is 11.3 Å². The van der Waals surface area contributed by atoms with Crippen molar-refractivity contribution in [2.75, 3.05) is 5.32 Å². The average Bonchev–Trinajstić information content (AvgIpc) is 2.76. The molecule has 0 fully saturated rings. The van der Waals surface area contributed by atoms with Crippen LogP contribution in [0, 0.1) is 13.8 Å². The smallest absolute Gasteiger partial charge is 0.346 e. The van der Waals surface area contributed by atoms with Gasteiger partial charge in [-0.2, -0.15) is 0 Å². The lowest BCUT2D eigenvalue weighted by molar-refractivity contribution is 0.0701. The molecule has 4 heteroatoms. The summed E-state index contributed by atoms with van der Waals surface area (Å²) in [7, 11) is 0. The van der Waals surface area contributed by atoms with Crippen LogP contribution in [0.3, 0.4) is 0 Å². The van der Waals surface area contributed by atoms with Crippen LogP contribution in [0.15, 0.2) is 29.6 Å². The quantitative estimate of drug-likeness (QED) is 0.882. The predicted octanol–water partition coefficient (Wildman–Crippen LogP) is 3.68. The Labute approximate surface area is 110 Å². The van der Waals surface area contributed by atoms with Gasteiger partial charge in [-0.3, -0.25) is 0 Å². The van der Waals surface area contributed by atoms with Crippen molar-refractivity contribution < 1.29 is 9.90 Å². The van der Waals surface area contributed by atoms with E-state index in [2.05, 4.69) is 5.32 Å². The van der Waals surface area contributed by atoms with Crippen molar-refractivity contribution in [3.63, 3.8) is 0 Å². The molecule has 1 aromatic carbocycles. The molecule has 0 spiro atoms. The lowest BCUT2D eigenvalue weighted by Gasteiger charge is -2.12. The molecule has 1 heterocycles. The first kappa shape index (κ1) is 12.6. The molecule has 94 valence electrons. The molecule has 3 nitrogen and oxygen atoms in total. The second-order valence-corrected chi connectivity index (χ2v) is 5.12. The zero-order valence-corrected chi connectivity index (χ0v) is 11.2. The third-order valence-corrected chi connectivity index (χ3v) is 3.82. The molecule has 0 saturated carbocycles. The molecule has 0 unspecified atom stereocenters. The second kappa shape index (κ2) is 5.23. The van der Waals surface area contributed by atoms with E-state index in [1.807, 2.05) is 43.5 Å². The fraction of sp³-hybridized carbons (Fsp3) is 0.214. The maximum atomic E-state index is 11.0. The molecule has 18 heavy (non-hydrogen) atoms. The monoisotopic (exact) mass is 261 g/mol. The highest BCUT2D eigenvalue weighted by molar-refractivity contribution is 7.12. The molecular formula is C14H15NO2S. The summed E-state index contributed by atoms with van der Waals surface area (Å²) in [5.74, 6) is -0.858. The lowest BCUT2D eigenvalue weighted by atomic mass is 10.1. The van der Waals surface area contributed by atoms with Gasteiger partial charge in [0.15, 0.2) is 0 Å². The topological polar surface area (TPSA) is 49.3 Å². The molecule has 2 N–H and O–H groups in total. The molecule has 0 aliphatic heterocycles. The van der Waals surface area contributed by atoms with Crippen LogP contribution in [-0.2, 0) is 6.54 Å². The van der Waals surface area contributed by atoms with Gasteiger partial charge in [0.2, 0.25) is 0 Å². The molecule has 2 rings (SSSR count). The van der Waals surface area contributed by atoms with Gasteiger partial charge in [0.1, 0.15) is 4.88 Å². The largest absolute Gasteiger partial charge is 0.477 e. The number of hydrogen-bond acceptors (Lipinski definition) is 3. The maximum absolute atomic E-state index is 11.0. The molecule has 0 aliphatic carbocycles. The van der Waals surface area contributed by atoms with Gasteiger partial charge in [-0.1, -0.05) is 18.2 Å². The number of carboxylic acid groups (broad SMARTS) is 1. The molecule has 0 amide bonds. The van der Waals surface area contributed by atoms with Gasteiger partial charge < -0.3 is 10.4 Å². The van der Waals surface area contributed by atoms with Crippen LogP contribution in [0.1, 0.15) is 26.4 Å². The van der Waals surface area contributed by atoms with Crippen molar-refractivity contribution in [1.82, 2.24) is 0 Å². The number of carbonyl (C=O) groups is 1. The Bertz CT molecular complexity index is 555. The van der Waals surface area contributed by atoms with E-state index in [1.165, 1.54) is 22.5 Å². The minimum atomic E-state index is -0.858. The van der Waals surface area contributed by atoms with Crippen molar-refractivity contribution in [3.8, 4) is 0 Å². The number of aryl methyl sites for hydroxylation is 2. The summed E-state index contributed by atoms with van der Waals surface area (Å²) in [5.41, 5.74) is 4.25. The van der Waals surface area contributed by atoms with Crippen LogP contribution in [0.25, 0.3) is 0 Å². The average molecular weight is 261 g/mol. The van der Waals surface area contributed by atoms with Crippen LogP contribution in [-0.4, -0.2) is 11.1 Å². The third-order valence-electron chi connectivity index (χ3n) is 2.88. The van der Waals surface area contributed by atoms with Crippen molar-refractivity contribution in [1.29, 1.82) is 0 Å². The predicted molar refractivity (Wildman–Crippen MR) is 74.5 cm³/mol. The molecule has 2 aromatic rings. The number of nitrogens with one attached hydrogen (secondary N) is 1. The standard InChI is InChI=1S/C14H15NO2S/c1-9-4-3-5-10(2)12(9)15-8-11-6-7-18-13(11)14(16)17/h3-7,15H,8H2,1-2H3,(H,16,17). The molecule has 1 aromatic heterocycles. The van der Waals surface area contributed by atoms with E-state index in [4.69, 9.17) is 5.11 Å². The second-order valence-electron chi connectivity index (χ2n) is 4.20. The van der Waals surface area contributed by atoms with E-state index in [1.54, 1.807) is 0 Å². The zero-order valence-electron chi connectivity index (χ0n) is 10.4.